The summed E-state index contributed by atoms with van der Waals surface area (Å²) in [6, 6.07) is 25.4. The Morgan fingerprint density at radius 2 is 1.44 bits per heavy atom. The van der Waals surface area contributed by atoms with E-state index in [1.54, 1.807) is 21.1 Å². The monoisotopic (exact) mass is 730 g/mol. The lowest BCUT2D eigenvalue weighted by atomic mass is 9.80. The number of esters is 1. The second kappa shape index (κ2) is 15.2. The number of aryl methyl sites for hydroxylation is 1. The summed E-state index contributed by atoms with van der Waals surface area (Å²) < 4.78 is 39.1. The molecule has 1 aliphatic rings. The van der Waals surface area contributed by atoms with E-state index in [0.29, 0.717) is 17.1 Å². The third kappa shape index (κ3) is 7.80. The lowest BCUT2D eigenvalue weighted by molar-refractivity contribution is -0.177. The van der Waals surface area contributed by atoms with Gasteiger partial charge < -0.3 is 28.1 Å². The van der Waals surface area contributed by atoms with Crippen LogP contribution < -0.4 is 20.7 Å². The van der Waals surface area contributed by atoms with E-state index >= 15 is 0 Å². The van der Waals surface area contributed by atoms with Gasteiger partial charge in [0.15, 0.2) is 14.0 Å². The van der Waals surface area contributed by atoms with Crippen molar-refractivity contribution in [3.05, 3.63) is 128 Å². The lowest BCUT2D eigenvalue weighted by Gasteiger charge is -2.40. The van der Waals surface area contributed by atoms with Gasteiger partial charge >= 0.3 is 11.7 Å². The van der Waals surface area contributed by atoms with E-state index in [9.17, 15) is 14.4 Å². The van der Waals surface area contributed by atoms with Crippen molar-refractivity contribution in [2.24, 2.45) is 0 Å². The Balaban J connectivity index is 1.68. The predicted octanol–water partition coefficient (Wildman–Crippen LogP) is 6.27. The molecule has 1 aliphatic heterocycles. The fraction of sp³-hybridized carbons (Fsp3) is 0.425. The highest BCUT2D eigenvalue weighted by Gasteiger charge is 2.54. The Morgan fingerprint density at radius 1 is 0.904 bits per heavy atom. The summed E-state index contributed by atoms with van der Waals surface area (Å²) in [5.74, 6) is 0.847. The number of H-pyrrole nitrogens is 1. The summed E-state index contributed by atoms with van der Waals surface area (Å²) in [5, 5.41) is -0.162. The van der Waals surface area contributed by atoms with Crippen LogP contribution in [0, 0.1) is 6.92 Å². The number of benzene rings is 3. The molecule has 0 bridgehead atoms. The fourth-order valence-electron chi connectivity index (χ4n) is 6.35. The Bertz CT molecular complexity index is 1900. The molecule has 0 amide bonds. The second-order valence-corrected chi connectivity index (χ2v) is 19.5. The van der Waals surface area contributed by atoms with Gasteiger partial charge in [0.25, 0.3) is 5.56 Å². The van der Waals surface area contributed by atoms with Crippen LogP contribution in [-0.4, -0.2) is 63.5 Å². The molecule has 1 saturated heterocycles. The average Bonchev–Trinajstić information content (AvgIpc) is 3.46. The molecule has 3 aromatic carbocycles. The first kappa shape index (κ1) is 38.7. The van der Waals surface area contributed by atoms with Gasteiger partial charge in [-0.05, 0) is 66.0 Å². The summed E-state index contributed by atoms with van der Waals surface area (Å²) in [6.07, 6.45) is 0.259. The zero-order valence-electron chi connectivity index (χ0n) is 31.5. The first-order valence-corrected chi connectivity index (χ1v) is 20.3. The van der Waals surface area contributed by atoms with Crippen molar-refractivity contribution in [1.82, 2.24) is 9.55 Å². The molecule has 12 heteroatoms. The van der Waals surface area contributed by atoms with Crippen LogP contribution in [0.25, 0.3) is 0 Å². The van der Waals surface area contributed by atoms with Crippen LogP contribution in [0.5, 0.6) is 11.5 Å². The molecular formula is C40H50N2O9Si. The number of aromatic amines is 1. The molecule has 4 aromatic rings. The van der Waals surface area contributed by atoms with Crippen LogP contribution in [0.2, 0.25) is 18.1 Å². The molecule has 2 heterocycles. The van der Waals surface area contributed by atoms with Gasteiger partial charge in [-0.2, -0.15) is 0 Å². The maximum Gasteiger partial charge on any atom is 0.330 e. The molecule has 0 spiro atoms. The first-order chi connectivity index (χ1) is 24.5. The first-order valence-electron chi connectivity index (χ1n) is 17.4. The van der Waals surface area contributed by atoms with Gasteiger partial charge in [-0.25, -0.2) is 4.79 Å². The minimum atomic E-state index is -2.46. The second-order valence-electron chi connectivity index (χ2n) is 14.8. The van der Waals surface area contributed by atoms with E-state index in [2.05, 4.69) is 38.8 Å². The molecule has 278 valence electrons. The highest BCUT2D eigenvalue weighted by Crippen LogP contribution is 2.46. The molecular weight excluding hydrogens is 681 g/mol. The zero-order valence-corrected chi connectivity index (χ0v) is 32.5. The number of carbonyl (C=O) groups excluding carboxylic acids is 1. The summed E-state index contributed by atoms with van der Waals surface area (Å²) in [7, 11) is 0.786. The van der Waals surface area contributed by atoms with Gasteiger partial charge in [-0.3, -0.25) is 19.1 Å². The number of carbonyl (C=O) groups is 1. The van der Waals surface area contributed by atoms with Gasteiger partial charge in [0.1, 0.15) is 29.8 Å². The highest BCUT2D eigenvalue weighted by atomic mass is 28.4. The highest BCUT2D eigenvalue weighted by molar-refractivity contribution is 6.74. The summed E-state index contributed by atoms with van der Waals surface area (Å²) >= 11 is 0. The normalized spacial score (nSPS) is 19.3. The molecule has 1 unspecified atom stereocenters. The number of aromatic nitrogens is 2. The predicted molar refractivity (Wildman–Crippen MR) is 200 cm³/mol. The third-order valence-electron chi connectivity index (χ3n) is 10.3. The number of nitrogens with one attached hydrogen (secondary N) is 1. The van der Waals surface area contributed by atoms with Gasteiger partial charge in [-0.15, -0.1) is 0 Å². The van der Waals surface area contributed by atoms with Crippen LogP contribution >= 0.6 is 0 Å². The van der Waals surface area contributed by atoms with Crippen molar-refractivity contribution < 1.29 is 32.9 Å². The molecule has 0 aliphatic carbocycles. The Morgan fingerprint density at radius 3 is 1.94 bits per heavy atom. The van der Waals surface area contributed by atoms with E-state index < -0.39 is 49.1 Å². The molecule has 1 N–H and O–H groups in total. The van der Waals surface area contributed by atoms with E-state index in [1.807, 2.05) is 78.9 Å². The topological polar surface area (TPSA) is 127 Å². The molecule has 5 rings (SSSR count). The van der Waals surface area contributed by atoms with Crippen molar-refractivity contribution >= 4 is 14.3 Å². The number of ether oxygens (including phenoxy) is 5. The fourth-order valence-corrected chi connectivity index (χ4v) is 7.69. The van der Waals surface area contributed by atoms with Crippen LogP contribution in [0.1, 0.15) is 56.4 Å². The van der Waals surface area contributed by atoms with E-state index in [4.69, 9.17) is 28.1 Å². The SMILES string of the molecule is COc1ccc(C(OC[C@H]2O[C@@](COC(C)=O)(n3cc(C)c(=O)[nH]c3=O)CC2O[Si](C)(C)C(C)(C)C)(c2ccccc2)c2ccc(OC)cc2)cc1. The number of hydrogen-bond acceptors (Lipinski definition) is 9. The van der Waals surface area contributed by atoms with Crippen molar-refractivity contribution in [1.29, 1.82) is 0 Å². The molecule has 0 saturated carbocycles. The summed E-state index contributed by atoms with van der Waals surface area (Å²) in [6.45, 7) is 13.4. The Hall–Kier alpha value is -4.49. The average molecular weight is 731 g/mol. The quantitative estimate of drug-likeness (QED) is 0.0963. The third-order valence-corrected chi connectivity index (χ3v) is 14.8. The molecule has 1 fully saturated rings. The molecule has 1 aromatic heterocycles. The van der Waals surface area contributed by atoms with Gasteiger partial charge in [0, 0.05) is 25.1 Å². The minimum Gasteiger partial charge on any atom is -0.497 e. The largest absolute Gasteiger partial charge is 0.497 e. The number of hydrogen-bond donors (Lipinski definition) is 1. The molecule has 52 heavy (non-hydrogen) atoms. The maximum atomic E-state index is 13.5. The van der Waals surface area contributed by atoms with Crippen molar-refractivity contribution in [3.63, 3.8) is 0 Å². The minimum absolute atomic E-state index is 0.00511. The van der Waals surface area contributed by atoms with Crippen LogP contribution in [-0.2, 0) is 34.8 Å². The summed E-state index contributed by atoms with van der Waals surface area (Å²) in [4.78, 5) is 40.5. The van der Waals surface area contributed by atoms with E-state index in [0.717, 1.165) is 16.7 Å². The number of methoxy groups -OCH3 is 2. The number of rotatable bonds is 13. The standard InChI is InChI=1S/C40H50N2O9Si/c1-27-24-42(37(45)41-36(27)44)39(26-48-28(2)43)23-34(51-52(8,9)38(3,4)5)35(50-39)25-49-40(29-13-11-10-12-14-29,30-15-19-32(46-6)20-16-30)31-17-21-33(47-7)22-18-31/h10-22,24,34-35H,23,25-26H2,1-9H3,(H,41,44,45)/t34?,35-,39+/m1/s1. The van der Waals surface area contributed by atoms with Gasteiger partial charge in [-0.1, -0.05) is 75.4 Å². The molecule has 3 atom stereocenters. The smallest absolute Gasteiger partial charge is 0.330 e. The van der Waals surface area contributed by atoms with Gasteiger partial charge in [0.05, 0.1) is 26.9 Å². The van der Waals surface area contributed by atoms with Crippen LogP contribution in [0.15, 0.2) is 94.6 Å². The van der Waals surface area contributed by atoms with Crippen LogP contribution in [0.3, 0.4) is 0 Å². The Labute approximate surface area is 305 Å². The van der Waals surface area contributed by atoms with Crippen molar-refractivity contribution in [2.75, 3.05) is 27.4 Å². The van der Waals surface area contributed by atoms with Gasteiger partial charge in [0.2, 0.25) is 0 Å². The summed E-state index contributed by atoms with van der Waals surface area (Å²) in [5.41, 5.74) is -1.02. The zero-order chi connectivity index (χ0) is 37.9. The lowest BCUT2D eigenvalue weighted by Crippen LogP contribution is -2.48. The maximum absolute atomic E-state index is 13.5. The molecule has 11 nitrogen and oxygen atoms in total. The Kier molecular flexibility index (Phi) is 11.3. The number of nitrogens with zero attached hydrogens (tertiary/aromatic N) is 1. The van der Waals surface area contributed by atoms with Crippen LogP contribution in [0.4, 0.5) is 0 Å². The van der Waals surface area contributed by atoms with Crippen molar-refractivity contribution in [3.8, 4) is 11.5 Å². The molecule has 0 radical (unpaired) electrons. The van der Waals surface area contributed by atoms with E-state index in [-0.39, 0.29) is 24.7 Å². The van der Waals surface area contributed by atoms with E-state index in [1.165, 1.54) is 17.7 Å². The van der Waals surface area contributed by atoms with Crippen molar-refractivity contribution in [2.45, 2.75) is 82.7 Å².